The summed E-state index contributed by atoms with van der Waals surface area (Å²) in [7, 11) is 1.64. The minimum Gasteiger partial charge on any atom is -0.497 e. The van der Waals surface area contributed by atoms with Gasteiger partial charge in [0.25, 0.3) is 0 Å². The van der Waals surface area contributed by atoms with Crippen LogP contribution in [-0.2, 0) is 14.4 Å². The Balaban J connectivity index is 1.32. The minimum atomic E-state index is -0.880. The summed E-state index contributed by atoms with van der Waals surface area (Å²) < 4.78 is 18.4. The number of methoxy groups -OCH3 is 1. The molecule has 2 heterocycles. The maximum Gasteiger partial charge on any atom is 0.243 e. The molecule has 2 N–H and O–H groups in total. The van der Waals surface area contributed by atoms with E-state index in [-0.39, 0.29) is 24.8 Å². The van der Waals surface area contributed by atoms with Crippen LogP contribution in [-0.4, -0.2) is 86.5 Å². The van der Waals surface area contributed by atoms with E-state index in [0.717, 1.165) is 24.5 Å². The van der Waals surface area contributed by atoms with Gasteiger partial charge < -0.3 is 25.2 Å². The van der Waals surface area contributed by atoms with Crippen molar-refractivity contribution >= 4 is 29.1 Å². The molecule has 2 aromatic rings. The van der Waals surface area contributed by atoms with Crippen LogP contribution in [0.1, 0.15) is 6.42 Å². The summed E-state index contributed by atoms with van der Waals surface area (Å²) in [6, 6.07) is 12.4. The van der Waals surface area contributed by atoms with Gasteiger partial charge in [0.05, 0.1) is 20.1 Å². The van der Waals surface area contributed by atoms with E-state index in [0.29, 0.717) is 31.9 Å². The van der Waals surface area contributed by atoms with Crippen molar-refractivity contribution in [3.05, 3.63) is 54.3 Å². The number of nitrogens with one attached hydrogen (secondary N) is 2. The number of piperazine rings is 2. The summed E-state index contributed by atoms with van der Waals surface area (Å²) in [4.78, 5) is 44.0. The Bertz CT molecular complexity index is 1060. The molecule has 0 radical (unpaired) electrons. The molecule has 0 unspecified atom stereocenters. The van der Waals surface area contributed by atoms with Gasteiger partial charge in [-0.3, -0.25) is 19.3 Å². The van der Waals surface area contributed by atoms with Gasteiger partial charge in [-0.15, -0.1) is 0 Å². The predicted molar refractivity (Wildman–Crippen MR) is 130 cm³/mol. The van der Waals surface area contributed by atoms with Gasteiger partial charge in [0.15, 0.2) is 0 Å². The van der Waals surface area contributed by atoms with Crippen LogP contribution >= 0.6 is 0 Å². The van der Waals surface area contributed by atoms with Crippen molar-refractivity contribution in [2.24, 2.45) is 0 Å². The number of hydrogen-bond acceptors (Lipinski definition) is 6. The summed E-state index contributed by atoms with van der Waals surface area (Å²) >= 11 is 0. The first-order chi connectivity index (χ1) is 16.9. The molecule has 186 valence electrons. The Hall–Kier alpha value is -3.66. The molecule has 2 saturated heterocycles. The molecular formula is C25H30FN5O4. The largest absolute Gasteiger partial charge is 0.497 e. The van der Waals surface area contributed by atoms with E-state index < -0.39 is 17.8 Å². The molecule has 10 heteroatoms. The molecule has 0 aromatic heterocycles. The Kier molecular flexibility index (Phi) is 7.81. The van der Waals surface area contributed by atoms with E-state index in [2.05, 4.69) is 20.4 Å². The normalized spacial score (nSPS) is 18.7. The fourth-order valence-corrected chi connectivity index (χ4v) is 4.39. The number of anilines is 2. The number of hydrogen-bond donors (Lipinski definition) is 2. The molecule has 0 saturated carbocycles. The molecule has 35 heavy (non-hydrogen) atoms. The van der Waals surface area contributed by atoms with Gasteiger partial charge in [0.2, 0.25) is 17.7 Å². The highest BCUT2D eigenvalue weighted by Gasteiger charge is 2.35. The van der Waals surface area contributed by atoms with Gasteiger partial charge in [0.1, 0.15) is 17.6 Å². The van der Waals surface area contributed by atoms with E-state index >= 15 is 0 Å². The van der Waals surface area contributed by atoms with Crippen molar-refractivity contribution in [1.29, 1.82) is 0 Å². The quantitative estimate of drug-likeness (QED) is 0.617. The first-order valence-electron chi connectivity index (χ1n) is 11.7. The van der Waals surface area contributed by atoms with Crippen molar-refractivity contribution in [2.45, 2.75) is 12.5 Å². The number of benzene rings is 2. The van der Waals surface area contributed by atoms with Gasteiger partial charge in [-0.2, -0.15) is 0 Å². The Morgan fingerprint density at radius 2 is 1.83 bits per heavy atom. The highest BCUT2D eigenvalue weighted by molar-refractivity contribution is 5.97. The van der Waals surface area contributed by atoms with Crippen LogP contribution in [0.15, 0.2) is 48.5 Å². The summed E-state index contributed by atoms with van der Waals surface area (Å²) in [5.74, 6) is -0.534. The number of nitrogens with zero attached hydrogens (tertiary/aromatic N) is 3. The Labute approximate surface area is 203 Å². The van der Waals surface area contributed by atoms with Crippen molar-refractivity contribution in [2.75, 3.05) is 63.1 Å². The Morgan fingerprint density at radius 3 is 2.54 bits per heavy atom. The third-order valence-electron chi connectivity index (χ3n) is 6.31. The zero-order chi connectivity index (χ0) is 24.8. The standard InChI is InChI=1S/C25H30FN5O4/c1-35-21-4-2-3-20(15-21)30-13-11-29(12-14-30)17-24(33)31-10-9-27-25(34)22(31)16-23(32)28-19-7-5-18(26)6-8-19/h2-8,15,22H,9-14,16-17H2,1H3,(H,27,34)(H,28,32)/t22-/m1/s1. The van der Waals surface area contributed by atoms with Gasteiger partial charge in [-0.05, 0) is 36.4 Å². The lowest BCUT2D eigenvalue weighted by Crippen LogP contribution is -2.60. The van der Waals surface area contributed by atoms with Crippen LogP contribution < -0.4 is 20.3 Å². The fourth-order valence-electron chi connectivity index (χ4n) is 4.39. The maximum atomic E-state index is 13.1. The van der Waals surface area contributed by atoms with E-state index in [4.69, 9.17) is 4.74 Å². The second-order valence-electron chi connectivity index (χ2n) is 8.62. The molecule has 0 bridgehead atoms. The number of ether oxygens (including phenoxy) is 1. The first kappa shape index (κ1) is 24.5. The number of amides is 3. The van der Waals surface area contributed by atoms with Crippen LogP contribution in [0.25, 0.3) is 0 Å². The summed E-state index contributed by atoms with van der Waals surface area (Å²) in [6.45, 7) is 3.84. The van der Waals surface area contributed by atoms with E-state index in [1.54, 1.807) is 7.11 Å². The third kappa shape index (κ3) is 6.27. The molecule has 9 nitrogen and oxygen atoms in total. The number of carbonyl (C=O) groups excluding carboxylic acids is 3. The van der Waals surface area contributed by atoms with Crippen molar-refractivity contribution < 1.29 is 23.5 Å². The molecule has 1 atom stereocenters. The minimum absolute atomic E-state index is 0.168. The monoisotopic (exact) mass is 483 g/mol. The second kappa shape index (κ2) is 11.2. The van der Waals surface area contributed by atoms with Crippen LogP contribution in [0.2, 0.25) is 0 Å². The predicted octanol–water partition coefficient (Wildman–Crippen LogP) is 1.31. The molecule has 2 aromatic carbocycles. The molecule has 4 rings (SSSR count). The van der Waals surface area contributed by atoms with Gasteiger partial charge >= 0.3 is 0 Å². The van der Waals surface area contributed by atoms with E-state index in [1.807, 2.05) is 24.3 Å². The lowest BCUT2D eigenvalue weighted by molar-refractivity contribution is -0.145. The molecule has 3 amide bonds. The van der Waals surface area contributed by atoms with Crippen molar-refractivity contribution in [3.63, 3.8) is 0 Å². The summed E-state index contributed by atoms with van der Waals surface area (Å²) in [6.07, 6.45) is -0.168. The highest BCUT2D eigenvalue weighted by Crippen LogP contribution is 2.22. The maximum absolute atomic E-state index is 13.1. The fraction of sp³-hybridized carbons (Fsp3) is 0.400. The van der Waals surface area contributed by atoms with E-state index in [1.165, 1.54) is 29.2 Å². The summed E-state index contributed by atoms with van der Waals surface area (Å²) in [5, 5.41) is 5.40. The van der Waals surface area contributed by atoms with Gasteiger partial charge in [0, 0.05) is 56.7 Å². The molecule has 2 aliphatic rings. The van der Waals surface area contributed by atoms with Crippen LogP contribution in [0.3, 0.4) is 0 Å². The van der Waals surface area contributed by atoms with Crippen LogP contribution in [0.5, 0.6) is 5.75 Å². The number of carbonyl (C=O) groups is 3. The smallest absolute Gasteiger partial charge is 0.243 e. The lowest BCUT2D eigenvalue weighted by atomic mass is 10.1. The summed E-state index contributed by atoms with van der Waals surface area (Å²) in [5.41, 5.74) is 1.51. The topological polar surface area (TPSA) is 94.2 Å². The van der Waals surface area contributed by atoms with Gasteiger partial charge in [-0.25, -0.2) is 4.39 Å². The average molecular weight is 484 g/mol. The van der Waals surface area contributed by atoms with Crippen molar-refractivity contribution in [1.82, 2.24) is 15.1 Å². The molecule has 2 aliphatic heterocycles. The van der Waals surface area contributed by atoms with E-state index in [9.17, 15) is 18.8 Å². The lowest BCUT2D eigenvalue weighted by Gasteiger charge is -2.39. The third-order valence-corrected chi connectivity index (χ3v) is 6.31. The number of rotatable bonds is 7. The van der Waals surface area contributed by atoms with Crippen molar-refractivity contribution in [3.8, 4) is 5.75 Å². The SMILES string of the molecule is COc1cccc(N2CCN(CC(=O)N3CCNC(=O)[C@H]3CC(=O)Nc3ccc(F)cc3)CC2)c1. The van der Waals surface area contributed by atoms with Crippen LogP contribution in [0, 0.1) is 5.82 Å². The second-order valence-corrected chi connectivity index (χ2v) is 8.62. The zero-order valence-electron chi connectivity index (χ0n) is 19.7. The Morgan fingerprint density at radius 1 is 1.09 bits per heavy atom. The average Bonchev–Trinajstić information content (AvgIpc) is 2.87. The number of halogens is 1. The van der Waals surface area contributed by atoms with Gasteiger partial charge in [-0.1, -0.05) is 6.07 Å². The highest BCUT2D eigenvalue weighted by atomic mass is 19.1. The van der Waals surface area contributed by atoms with Crippen LogP contribution in [0.4, 0.5) is 15.8 Å². The molecular weight excluding hydrogens is 453 g/mol. The zero-order valence-corrected chi connectivity index (χ0v) is 19.7. The molecule has 2 fully saturated rings. The molecule has 0 aliphatic carbocycles. The molecule has 0 spiro atoms. The first-order valence-corrected chi connectivity index (χ1v) is 11.7.